The SMILES string of the molecule is COc1ccc(O)c(CNCCN(C)C(=O)OC(C)(C)C)c1. The van der Waals surface area contributed by atoms with E-state index >= 15 is 0 Å². The fourth-order valence-electron chi connectivity index (χ4n) is 1.73. The van der Waals surface area contributed by atoms with Crippen molar-refractivity contribution in [3.8, 4) is 11.5 Å². The summed E-state index contributed by atoms with van der Waals surface area (Å²) in [6.45, 7) is 7.10. The van der Waals surface area contributed by atoms with Crippen LogP contribution >= 0.6 is 0 Å². The number of phenolic OH excluding ortho intramolecular Hbond substituents is 1. The minimum absolute atomic E-state index is 0.216. The average Bonchev–Trinajstić information content (AvgIpc) is 2.43. The highest BCUT2D eigenvalue weighted by Crippen LogP contribution is 2.22. The molecule has 0 aromatic heterocycles. The van der Waals surface area contributed by atoms with E-state index in [1.165, 1.54) is 4.90 Å². The van der Waals surface area contributed by atoms with Gasteiger partial charge in [0.05, 0.1) is 7.11 Å². The van der Waals surface area contributed by atoms with Crippen LogP contribution in [-0.4, -0.2) is 48.9 Å². The molecule has 1 rings (SSSR count). The summed E-state index contributed by atoms with van der Waals surface area (Å²) in [5.74, 6) is 0.911. The van der Waals surface area contributed by atoms with Gasteiger partial charge in [-0.1, -0.05) is 0 Å². The van der Waals surface area contributed by atoms with Crippen LogP contribution in [0.5, 0.6) is 11.5 Å². The molecule has 1 aromatic carbocycles. The minimum Gasteiger partial charge on any atom is -0.508 e. The number of aromatic hydroxyl groups is 1. The van der Waals surface area contributed by atoms with Crippen molar-refractivity contribution in [3.05, 3.63) is 23.8 Å². The van der Waals surface area contributed by atoms with Gasteiger partial charge in [-0.25, -0.2) is 4.79 Å². The number of phenols is 1. The molecule has 0 saturated carbocycles. The molecule has 22 heavy (non-hydrogen) atoms. The van der Waals surface area contributed by atoms with Gasteiger partial charge in [-0.15, -0.1) is 0 Å². The monoisotopic (exact) mass is 310 g/mol. The quantitative estimate of drug-likeness (QED) is 0.789. The van der Waals surface area contributed by atoms with Crippen LogP contribution in [-0.2, 0) is 11.3 Å². The number of hydrogen-bond acceptors (Lipinski definition) is 5. The maximum absolute atomic E-state index is 11.8. The van der Waals surface area contributed by atoms with Gasteiger partial charge in [0.1, 0.15) is 17.1 Å². The molecule has 1 aromatic rings. The van der Waals surface area contributed by atoms with Gasteiger partial charge in [-0.3, -0.25) is 0 Å². The van der Waals surface area contributed by atoms with Crippen LogP contribution in [0.15, 0.2) is 18.2 Å². The third-order valence-corrected chi connectivity index (χ3v) is 2.93. The van der Waals surface area contributed by atoms with Crippen molar-refractivity contribution in [1.29, 1.82) is 0 Å². The molecule has 0 spiro atoms. The van der Waals surface area contributed by atoms with Gasteiger partial charge in [0.15, 0.2) is 0 Å². The van der Waals surface area contributed by atoms with E-state index in [1.54, 1.807) is 32.4 Å². The number of carbonyl (C=O) groups is 1. The van der Waals surface area contributed by atoms with Gasteiger partial charge >= 0.3 is 6.09 Å². The van der Waals surface area contributed by atoms with E-state index in [0.717, 1.165) is 5.56 Å². The molecule has 0 bridgehead atoms. The fraction of sp³-hybridized carbons (Fsp3) is 0.562. The molecular formula is C16H26N2O4. The molecule has 0 atom stereocenters. The lowest BCUT2D eigenvalue weighted by atomic mass is 10.2. The first-order valence-corrected chi connectivity index (χ1v) is 7.23. The molecule has 2 N–H and O–H groups in total. The molecule has 0 radical (unpaired) electrons. The number of likely N-dealkylation sites (N-methyl/N-ethyl adjacent to an activating group) is 1. The molecule has 0 aliphatic rings. The van der Waals surface area contributed by atoms with Crippen LogP contribution < -0.4 is 10.1 Å². The van der Waals surface area contributed by atoms with Crippen LogP contribution in [0.2, 0.25) is 0 Å². The first-order chi connectivity index (χ1) is 10.2. The van der Waals surface area contributed by atoms with Gasteiger partial charge in [0.2, 0.25) is 0 Å². The van der Waals surface area contributed by atoms with Gasteiger partial charge in [0.25, 0.3) is 0 Å². The standard InChI is InChI=1S/C16H26N2O4/c1-16(2,3)22-15(20)18(4)9-8-17-11-12-10-13(21-5)6-7-14(12)19/h6-7,10,17,19H,8-9,11H2,1-5H3. The molecule has 0 saturated heterocycles. The second kappa shape index (κ2) is 7.89. The van der Waals surface area contributed by atoms with Gasteiger partial charge in [-0.05, 0) is 39.0 Å². The lowest BCUT2D eigenvalue weighted by Crippen LogP contribution is -2.37. The maximum atomic E-state index is 11.8. The summed E-state index contributed by atoms with van der Waals surface area (Å²) in [5.41, 5.74) is 0.254. The summed E-state index contributed by atoms with van der Waals surface area (Å²) in [7, 11) is 3.28. The fourth-order valence-corrected chi connectivity index (χ4v) is 1.73. The second-order valence-corrected chi connectivity index (χ2v) is 6.07. The summed E-state index contributed by atoms with van der Waals surface area (Å²) < 4.78 is 10.4. The zero-order chi connectivity index (χ0) is 16.8. The number of nitrogens with zero attached hydrogens (tertiary/aromatic N) is 1. The van der Waals surface area contributed by atoms with Gasteiger partial charge < -0.3 is 24.8 Å². The molecule has 0 aliphatic heterocycles. The molecule has 1 amide bonds. The van der Waals surface area contributed by atoms with E-state index in [0.29, 0.717) is 25.4 Å². The molecular weight excluding hydrogens is 284 g/mol. The maximum Gasteiger partial charge on any atom is 0.410 e. The van der Waals surface area contributed by atoms with Crippen LogP contribution in [0.1, 0.15) is 26.3 Å². The van der Waals surface area contributed by atoms with E-state index in [-0.39, 0.29) is 11.8 Å². The molecule has 0 heterocycles. The summed E-state index contributed by atoms with van der Waals surface area (Å²) in [6, 6.07) is 5.08. The molecule has 6 heteroatoms. The van der Waals surface area contributed by atoms with Crippen molar-refractivity contribution in [2.75, 3.05) is 27.2 Å². The molecule has 124 valence electrons. The Balaban J connectivity index is 2.37. The Labute approximate surface area is 132 Å². The predicted octanol–water partition coefficient (Wildman–Crippen LogP) is 2.36. The number of hydrogen-bond donors (Lipinski definition) is 2. The van der Waals surface area contributed by atoms with Crippen molar-refractivity contribution in [2.45, 2.75) is 32.9 Å². The van der Waals surface area contributed by atoms with Crippen molar-refractivity contribution in [1.82, 2.24) is 10.2 Å². The van der Waals surface area contributed by atoms with Crippen LogP contribution in [0.25, 0.3) is 0 Å². The Morgan fingerprint density at radius 2 is 2.05 bits per heavy atom. The summed E-state index contributed by atoms with van der Waals surface area (Å²) >= 11 is 0. The second-order valence-electron chi connectivity index (χ2n) is 6.07. The van der Waals surface area contributed by atoms with Crippen molar-refractivity contribution >= 4 is 6.09 Å². The number of ether oxygens (including phenoxy) is 2. The van der Waals surface area contributed by atoms with Crippen LogP contribution in [0.4, 0.5) is 4.79 Å². The number of methoxy groups -OCH3 is 1. The van der Waals surface area contributed by atoms with Crippen LogP contribution in [0, 0.1) is 0 Å². The highest BCUT2D eigenvalue weighted by molar-refractivity contribution is 5.67. The molecule has 0 unspecified atom stereocenters. The highest BCUT2D eigenvalue weighted by atomic mass is 16.6. The van der Waals surface area contributed by atoms with E-state index in [1.807, 2.05) is 20.8 Å². The van der Waals surface area contributed by atoms with Crippen molar-refractivity contribution < 1.29 is 19.4 Å². The lowest BCUT2D eigenvalue weighted by Gasteiger charge is -2.24. The summed E-state index contributed by atoms with van der Waals surface area (Å²) in [6.07, 6.45) is -0.349. The normalized spacial score (nSPS) is 11.1. The van der Waals surface area contributed by atoms with Crippen LogP contribution in [0.3, 0.4) is 0 Å². The lowest BCUT2D eigenvalue weighted by molar-refractivity contribution is 0.0300. The Morgan fingerprint density at radius 1 is 1.36 bits per heavy atom. The first-order valence-electron chi connectivity index (χ1n) is 7.23. The Morgan fingerprint density at radius 3 is 2.64 bits per heavy atom. The first kappa shape index (κ1) is 18.1. The Kier molecular flexibility index (Phi) is 6.49. The van der Waals surface area contributed by atoms with E-state index < -0.39 is 5.60 Å². The van der Waals surface area contributed by atoms with E-state index in [9.17, 15) is 9.90 Å². The molecule has 0 aliphatic carbocycles. The number of nitrogens with one attached hydrogen (secondary N) is 1. The Bertz CT molecular complexity index is 497. The largest absolute Gasteiger partial charge is 0.508 e. The van der Waals surface area contributed by atoms with Gasteiger partial charge in [-0.2, -0.15) is 0 Å². The molecule has 0 fully saturated rings. The third-order valence-electron chi connectivity index (χ3n) is 2.93. The minimum atomic E-state index is -0.495. The zero-order valence-electron chi connectivity index (χ0n) is 14.0. The van der Waals surface area contributed by atoms with E-state index in [4.69, 9.17) is 9.47 Å². The number of carbonyl (C=O) groups excluding carboxylic acids is 1. The summed E-state index contributed by atoms with van der Waals surface area (Å²) in [4.78, 5) is 13.3. The highest BCUT2D eigenvalue weighted by Gasteiger charge is 2.19. The van der Waals surface area contributed by atoms with E-state index in [2.05, 4.69) is 5.32 Å². The predicted molar refractivity (Wildman–Crippen MR) is 85.2 cm³/mol. The number of rotatable bonds is 6. The third kappa shape index (κ3) is 6.22. The average molecular weight is 310 g/mol. The topological polar surface area (TPSA) is 71.0 Å². The van der Waals surface area contributed by atoms with Crippen molar-refractivity contribution in [3.63, 3.8) is 0 Å². The van der Waals surface area contributed by atoms with Crippen molar-refractivity contribution in [2.24, 2.45) is 0 Å². The number of amides is 1. The van der Waals surface area contributed by atoms with Gasteiger partial charge in [0, 0.05) is 32.2 Å². The number of benzene rings is 1. The summed E-state index contributed by atoms with van der Waals surface area (Å²) in [5, 5.41) is 13.0. The Hall–Kier alpha value is -1.95. The smallest absolute Gasteiger partial charge is 0.410 e. The zero-order valence-corrected chi connectivity index (χ0v) is 14.0. The molecule has 6 nitrogen and oxygen atoms in total.